The Bertz CT molecular complexity index is 181. The Kier molecular flexibility index (Phi) is 3.59. The van der Waals surface area contributed by atoms with Crippen LogP contribution in [0.2, 0.25) is 0 Å². The highest BCUT2D eigenvalue weighted by Crippen LogP contribution is 2.32. The molecule has 0 unspecified atom stereocenters. The molecule has 0 atom stereocenters. The Labute approximate surface area is 89.3 Å². The van der Waals surface area contributed by atoms with E-state index in [0.717, 1.165) is 0 Å². The number of hydrogen-bond donors (Lipinski definition) is 0. The molecule has 1 aliphatic heterocycles. The van der Waals surface area contributed by atoms with Gasteiger partial charge in [0.05, 0.1) is 0 Å². The topological polar surface area (TPSA) is 6.48 Å². The molecule has 0 aromatic rings. The Morgan fingerprint density at radius 2 is 1.71 bits per heavy atom. The predicted molar refractivity (Wildman–Crippen MR) is 62.6 cm³/mol. The van der Waals surface area contributed by atoms with Gasteiger partial charge in [0, 0.05) is 37.1 Å². The lowest BCUT2D eigenvalue weighted by Gasteiger charge is -2.52. The van der Waals surface area contributed by atoms with Crippen LogP contribution in [-0.4, -0.2) is 48.6 Å². The minimum atomic E-state index is 0.531. The van der Waals surface area contributed by atoms with Crippen LogP contribution in [0.4, 0.5) is 0 Å². The maximum atomic E-state index is 2.55. The molecule has 0 saturated carbocycles. The summed E-state index contributed by atoms with van der Waals surface area (Å²) in [4.78, 5) is 5.01. The van der Waals surface area contributed by atoms with Gasteiger partial charge in [0.2, 0.25) is 0 Å². The molecule has 1 rings (SSSR count). The number of likely N-dealkylation sites (tertiary alicyclic amines) is 1. The first-order valence-corrected chi connectivity index (χ1v) is 5.78. The standard InChI is InChI=1S/C12H26N2/c1-10(2)13(6)7-12(5)8-14(9-12)11(3)4/h10-11H,7-9H2,1-6H3. The lowest BCUT2D eigenvalue weighted by Crippen LogP contribution is -2.61. The SMILES string of the molecule is CC(C)N(C)CC1(C)CN(C(C)C)C1. The van der Waals surface area contributed by atoms with Gasteiger partial charge >= 0.3 is 0 Å². The normalized spacial score (nSPS) is 22.1. The fourth-order valence-corrected chi connectivity index (χ4v) is 2.18. The summed E-state index contributed by atoms with van der Waals surface area (Å²) in [7, 11) is 2.23. The minimum absolute atomic E-state index is 0.531. The molecule has 0 aliphatic carbocycles. The van der Waals surface area contributed by atoms with Gasteiger partial charge in [-0.2, -0.15) is 0 Å². The lowest BCUT2D eigenvalue weighted by molar-refractivity contribution is -0.0315. The van der Waals surface area contributed by atoms with Crippen molar-refractivity contribution in [2.45, 2.75) is 46.7 Å². The van der Waals surface area contributed by atoms with E-state index in [-0.39, 0.29) is 0 Å². The molecular weight excluding hydrogens is 172 g/mol. The fourth-order valence-electron chi connectivity index (χ4n) is 2.18. The fraction of sp³-hybridized carbons (Fsp3) is 1.00. The van der Waals surface area contributed by atoms with Gasteiger partial charge in [-0.1, -0.05) is 6.92 Å². The molecule has 0 aromatic carbocycles. The summed E-state index contributed by atoms with van der Waals surface area (Å²) in [6.45, 7) is 15.3. The Morgan fingerprint density at radius 1 is 1.21 bits per heavy atom. The molecule has 0 bridgehead atoms. The molecule has 1 fully saturated rings. The van der Waals surface area contributed by atoms with E-state index >= 15 is 0 Å². The van der Waals surface area contributed by atoms with Crippen molar-refractivity contribution in [2.24, 2.45) is 5.41 Å². The Balaban J connectivity index is 2.34. The van der Waals surface area contributed by atoms with E-state index in [9.17, 15) is 0 Å². The molecule has 84 valence electrons. The maximum Gasteiger partial charge on any atom is 0.00628 e. The third-order valence-electron chi connectivity index (χ3n) is 3.41. The molecule has 0 aromatic heterocycles. The van der Waals surface area contributed by atoms with Gasteiger partial charge in [-0.15, -0.1) is 0 Å². The molecule has 14 heavy (non-hydrogen) atoms. The molecule has 1 heterocycles. The second-order valence-corrected chi connectivity index (χ2v) is 5.82. The van der Waals surface area contributed by atoms with Crippen molar-refractivity contribution in [3.8, 4) is 0 Å². The van der Waals surface area contributed by atoms with E-state index in [1.54, 1.807) is 0 Å². The van der Waals surface area contributed by atoms with Gasteiger partial charge in [0.1, 0.15) is 0 Å². The average Bonchev–Trinajstić information content (AvgIpc) is 1.99. The molecule has 0 spiro atoms. The van der Waals surface area contributed by atoms with Crippen LogP contribution in [0, 0.1) is 5.41 Å². The van der Waals surface area contributed by atoms with Crippen LogP contribution in [0.25, 0.3) is 0 Å². The van der Waals surface area contributed by atoms with Crippen molar-refractivity contribution >= 4 is 0 Å². The zero-order valence-electron chi connectivity index (χ0n) is 10.7. The van der Waals surface area contributed by atoms with E-state index in [4.69, 9.17) is 0 Å². The zero-order valence-corrected chi connectivity index (χ0v) is 10.7. The van der Waals surface area contributed by atoms with Crippen LogP contribution < -0.4 is 0 Å². The van der Waals surface area contributed by atoms with E-state index in [1.165, 1.54) is 19.6 Å². The summed E-state index contributed by atoms with van der Waals surface area (Å²) in [5.41, 5.74) is 0.531. The number of rotatable bonds is 4. The summed E-state index contributed by atoms with van der Waals surface area (Å²) in [5, 5.41) is 0. The van der Waals surface area contributed by atoms with Crippen LogP contribution in [-0.2, 0) is 0 Å². The van der Waals surface area contributed by atoms with Gasteiger partial charge in [-0.05, 0) is 34.7 Å². The molecule has 1 aliphatic rings. The highest BCUT2D eigenvalue weighted by atomic mass is 15.3. The van der Waals surface area contributed by atoms with Gasteiger partial charge in [0.15, 0.2) is 0 Å². The van der Waals surface area contributed by atoms with Crippen LogP contribution >= 0.6 is 0 Å². The predicted octanol–water partition coefficient (Wildman–Crippen LogP) is 2.06. The van der Waals surface area contributed by atoms with E-state index in [0.29, 0.717) is 17.5 Å². The zero-order chi connectivity index (χ0) is 10.9. The maximum absolute atomic E-state index is 2.55. The van der Waals surface area contributed by atoms with Crippen molar-refractivity contribution in [3.63, 3.8) is 0 Å². The monoisotopic (exact) mass is 198 g/mol. The lowest BCUT2D eigenvalue weighted by atomic mass is 9.80. The first-order chi connectivity index (χ1) is 6.34. The van der Waals surface area contributed by atoms with Gasteiger partial charge in [-0.3, -0.25) is 4.90 Å². The van der Waals surface area contributed by atoms with Gasteiger partial charge in [0.25, 0.3) is 0 Å². The molecule has 0 amide bonds. The van der Waals surface area contributed by atoms with Gasteiger partial charge in [-0.25, -0.2) is 0 Å². The van der Waals surface area contributed by atoms with Crippen LogP contribution in [0.15, 0.2) is 0 Å². The second kappa shape index (κ2) is 4.19. The van der Waals surface area contributed by atoms with E-state index < -0.39 is 0 Å². The van der Waals surface area contributed by atoms with Crippen molar-refractivity contribution in [3.05, 3.63) is 0 Å². The first-order valence-electron chi connectivity index (χ1n) is 5.78. The summed E-state index contributed by atoms with van der Waals surface area (Å²) in [6, 6.07) is 1.38. The third kappa shape index (κ3) is 2.71. The molecule has 2 heteroatoms. The molecule has 0 radical (unpaired) electrons. The number of nitrogens with zero attached hydrogens (tertiary/aromatic N) is 2. The molecule has 2 nitrogen and oxygen atoms in total. The Hall–Kier alpha value is -0.0800. The summed E-state index contributed by atoms with van der Waals surface area (Å²) in [5.74, 6) is 0. The van der Waals surface area contributed by atoms with E-state index in [2.05, 4.69) is 51.5 Å². The van der Waals surface area contributed by atoms with Crippen molar-refractivity contribution < 1.29 is 0 Å². The highest BCUT2D eigenvalue weighted by Gasteiger charge is 2.40. The van der Waals surface area contributed by atoms with Crippen LogP contribution in [0.3, 0.4) is 0 Å². The van der Waals surface area contributed by atoms with Crippen LogP contribution in [0.1, 0.15) is 34.6 Å². The summed E-state index contributed by atoms with van der Waals surface area (Å²) < 4.78 is 0. The average molecular weight is 198 g/mol. The third-order valence-corrected chi connectivity index (χ3v) is 3.41. The molecular formula is C12H26N2. The van der Waals surface area contributed by atoms with Crippen LogP contribution in [0.5, 0.6) is 0 Å². The van der Waals surface area contributed by atoms with Crippen molar-refractivity contribution in [2.75, 3.05) is 26.7 Å². The van der Waals surface area contributed by atoms with Crippen molar-refractivity contribution in [1.82, 2.24) is 9.80 Å². The highest BCUT2D eigenvalue weighted by molar-refractivity contribution is 4.94. The molecule has 0 N–H and O–H groups in total. The quantitative estimate of drug-likeness (QED) is 0.682. The second-order valence-electron chi connectivity index (χ2n) is 5.82. The smallest absolute Gasteiger partial charge is 0.00628 e. The van der Waals surface area contributed by atoms with E-state index in [1.807, 2.05) is 0 Å². The van der Waals surface area contributed by atoms with Crippen molar-refractivity contribution in [1.29, 1.82) is 0 Å². The van der Waals surface area contributed by atoms with Gasteiger partial charge < -0.3 is 4.90 Å². The minimum Gasteiger partial charge on any atom is -0.303 e. The largest absolute Gasteiger partial charge is 0.303 e. The summed E-state index contributed by atoms with van der Waals surface area (Å²) >= 11 is 0. The summed E-state index contributed by atoms with van der Waals surface area (Å²) in [6.07, 6.45) is 0. The molecule has 1 saturated heterocycles. The Morgan fingerprint density at radius 3 is 2.07 bits per heavy atom. The first kappa shape index (κ1) is 12.0. The number of hydrogen-bond acceptors (Lipinski definition) is 2.